The first-order valence-electron chi connectivity index (χ1n) is 6.29. The minimum absolute atomic E-state index is 0.734. The van der Waals surface area contributed by atoms with Gasteiger partial charge in [0.15, 0.2) is 0 Å². The molecule has 1 heterocycles. The number of nitriles is 1. The Morgan fingerprint density at radius 2 is 2.18 bits per heavy atom. The second-order valence-electron chi connectivity index (χ2n) is 4.87. The average molecular weight is 229 g/mol. The Bertz CT molecular complexity index is 455. The Morgan fingerprint density at radius 1 is 1.47 bits per heavy atom. The highest BCUT2D eigenvalue weighted by Gasteiger charge is 2.25. The third-order valence-corrected chi connectivity index (χ3v) is 3.29. The summed E-state index contributed by atoms with van der Waals surface area (Å²) < 4.78 is 0. The van der Waals surface area contributed by atoms with Gasteiger partial charge in [-0.3, -0.25) is 0 Å². The molecule has 0 spiro atoms. The molecule has 3 heteroatoms. The van der Waals surface area contributed by atoms with Crippen LogP contribution in [0.4, 0.5) is 5.82 Å². The summed E-state index contributed by atoms with van der Waals surface area (Å²) in [5.41, 5.74) is 2.76. The summed E-state index contributed by atoms with van der Waals surface area (Å²) in [6, 6.07) is 4.27. The van der Waals surface area contributed by atoms with Crippen molar-refractivity contribution in [3.63, 3.8) is 0 Å². The van der Waals surface area contributed by atoms with E-state index in [0.29, 0.717) is 0 Å². The van der Waals surface area contributed by atoms with E-state index in [-0.39, 0.29) is 0 Å². The molecule has 0 bridgehead atoms. The smallest absolute Gasteiger partial charge is 0.147 e. The van der Waals surface area contributed by atoms with E-state index in [1.807, 2.05) is 19.9 Å². The van der Waals surface area contributed by atoms with Crippen molar-refractivity contribution >= 4 is 5.82 Å². The lowest BCUT2D eigenvalue weighted by molar-refractivity contribution is 0.729. The van der Waals surface area contributed by atoms with Gasteiger partial charge in [-0.05, 0) is 51.2 Å². The zero-order valence-corrected chi connectivity index (χ0v) is 10.8. The molecule has 0 aliphatic heterocycles. The van der Waals surface area contributed by atoms with Gasteiger partial charge in [-0.1, -0.05) is 0 Å². The summed E-state index contributed by atoms with van der Waals surface area (Å²) in [5.74, 6) is 1.68. The van der Waals surface area contributed by atoms with Gasteiger partial charge in [0, 0.05) is 18.8 Å². The second-order valence-corrected chi connectivity index (χ2v) is 4.87. The monoisotopic (exact) mass is 229 g/mol. The summed E-state index contributed by atoms with van der Waals surface area (Å²) in [6.07, 6.45) is 2.65. The standard InChI is InChI=1S/C14H19N3/c1-4-17(9-12-5-6-12)14-13(8-15)10(2)7-11(3)16-14/h7,12H,4-6,9H2,1-3H3. The number of aryl methyl sites for hydroxylation is 2. The molecule has 0 N–H and O–H groups in total. The van der Waals surface area contributed by atoms with Gasteiger partial charge in [0.2, 0.25) is 0 Å². The fourth-order valence-corrected chi connectivity index (χ4v) is 2.16. The van der Waals surface area contributed by atoms with Crippen LogP contribution in [0.15, 0.2) is 6.07 Å². The molecular weight excluding hydrogens is 210 g/mol. The minimum Gasteiger partial charge on any atom is -0.356 e. The summed E-state index contributed by atoms with van der Waals surface area (Å²) in [6.45, 7) is 8.06. The van der Waals surface area contributed by atoms with Crippen LogP contribution in [-0.4, -0.2) is 18.1 Å². The molecule has 17 heavy (non-hydrogen) atoms. The molecule has 0 amide bonds. The number of rotatable bonds is 4. The number of pyridine rings is 1. The van der Waals surface area contributed by atoms with Crippen LogP contribution in [0.5, 0.6) is 0 Å². The summed E-state index contributed by atoms with van der Waals surface area (Å²) >= 11 is 0. The molecule has 1 aromatic heterocycles. The van der Waals surface area contributed by atoms with Crippen LogP contribution < -0.4 is 4.90 Å². The number of hydrogen-bond acceptors (Lipinski definition) is 3. The van der Waals surface area contributed by atoms with E-state index in [1.165, 1.54) is 12.8 Å². The fraction of sp³-hybridized carbons (Fsp3) is 0.571. The molecule has 90 valence electrons. The lowest BCUT2D eigenvalue weighted by Gasteiger charge is -2.23. The number of aromatic nitrogens is 1. The molecule has 0 aromatic carbocycles. The second kappa shape index (κ2) is 4.75. The van der Waals surface area contributed by atoms with Gasteiger partial charge in [0.05, 0.1) is 5.56 Å². The average Bonchev–Trinajstić information content (AvgIpc) is 3.08. The normalized spacial score (nSPS) is 14.5. The van der Waals surface area contributed by atoms with Gasteiger partial charge in [-0.2, -0.15) is 5.26 Å². The number of nitrogens with zero attached hydrogens (tertiary/aromatic N) is 3. The Balaban J connectivity index is 2.36. The van der Waals surface area contributed by atoms with Crippen molar-refractivity contribution in [1.82, 2.24) is 4.98 Å². The van der Waals surface area contributed by atoms with E-state index >= 15 is 0 Å². The Morgan fingerprint density at radius 3 is 2.71 bits per heavy atom. The lowest BCUT2D eigenvalue weighted by atomic mass is 10.1. The maximum atomic E-state index is 9.27. The lowest BCUT2D eigenvalue weighted by Crippen LogP contribution is -2.27. The summed E-state index contributed by atoms with van der Waals surface area (Å²) in [4.78, 5) is 6.81. The third-order valence-electron chi connectivity index (χ3n) is 3.29. The molecule has 3 nitrogen and oxygen atoms in total. The van der Waals surface area contributed by atoms with Crippen molar-refractivity contribution in [3.05, 3.63) is 22.9 Å². The van der Waals surface area contributed by atoms with Crippen LogP contribution >= 0.6 is 0 Å². The molecule has 2 rings (SSSR count). The maximum absolute atomic E-state index is 9.27. The van der Waals surface area contributed by atoms with E-state index < -0.39 is 0 Å². The van der Waals surface area contributed by atoms with E-state index in [1.54, 1.807) is 0 Å². The molecule has 1 aromatic rings. The van der Waals surface area contributed by atoms with Crippen LogP contribution in [0.25, 0.3) is 0 Å². The molecule has 1 aliphatic carbocycles. The topological polar surface area (TPSA) is 39.9 Å². The van der Waals surface area contributed by atoms with Crippen molar-refractivity contribution < 1.29 is 0 Å². The molecule has 1 fully saturated rings. The largest absolute Gasteiger partial charge is 0.356 e. The minimum atomic E-state index is 0.734. The summed E-state index contributed by atoms with van der Waals surface area (Å²) in [5, 5.41) is 9.27. The number of hydrogen-bond donors (Lipinski definition) is 0. The highest BCUT2D eigenvalue weighted by atomic mass is 15.2. The highest BCUT2D eigenvalue weighted by Crippen LogP contribution is 2.32. The molecular formula is C14H19N3. The van der Waals surface area contributed by atoms with Crippen molar-refractivity contribution in [2.24, 2.45) is 5.92 Å². The quantitative estimate of drug-likeness (QED) is 0.797. The van der Waals surface area contributed by atoms with Gasteiger partial charge in [0.1, 0.15) is 11.9 Å². The molecule has 0 unspecified atom stereocenters. The van der Waals surface area contributed by atoms with Crippen LogP contribution in [0.3, 0.4) is 0 Å². The van der Waals surface area contributed by atoms with Gasteiger partial charge in [-0.25, -0.2) is 4.98 Å². The highest BCUT2D eigenvalue weighted by molar-refractivity contribution is 5.58. The van der Waals surface area contributed by atoms with Crippen LogP contribution in [0.2, 0.25) is 0 Å². The van der Waals surface area contributed by atoms with Gasteiger partial charge < -0.3 is 4.90 Å². The molecule has 0 saturated heterocycles. The van der Waals surface area contributed by atoms with Gasteiger partial charge >= 0.3 is 0 Å². The van der Waals surface area contributed by atoms with E-state index in [4.69, 9.17) is 0 Å². The molecule has 0 atom stereocenters. The third kappa shape index (κ3) is 2.58. The first-order chi connectivity index (χ1) is 8.15. The SMILES string of the molecule is CCN(CC1CC1)c1nc(C)cc(C)c1C#N. The first kappa shape index (κ1) is 11.9. The predicted molar refractivity (Wildman–Crippen MR) is 69.0 cm³/mol. The molecule has 0 radical (unpaired) electrons. The van der Waals surface area contributed by atoms with Crippen molar-refractivity contribution in [2.75, 3.05) is 18.0 Å². The van der Waals surface area contributed by atoms with Crippen LogP contribution in [0, 0.1) is 31.1 Å². The zero-order valence-electron chi connectivity index (χ0n) is 10.8. The molecule has 1 aliphatic rings. The van der Waals surface area contributed by atoms with Crippen LogP contribution in [-0.2, 0) is 0 Å². The van der Waals surface area contributed by atoms with E-state index in [9.17, 15) is 5.26 Å². The van der Waals surface area contributed by atoms with Crippen molar-refractivity contribution in [2.45, 2.75) is 33.6 Å². The predicted octanol–water partition coefficient (Wildman–Crippen LogP) is 2.81. The maximum Gasteiger partial charge on any atom is 0.147 e. The zero-order chi connectivity index (χ0) is 12.4. The fourth-order valence-electron chi connectivity index (χ4n) is 2.16. The molecule has 1 saturated carbocycles. The van der Waals surface area contributed by atoms with Crippen molar-refractivity contribution in [1.29, 1.82) is 5.26 Å². The van der Waals surface area contributed by atoms with Crippen molar-refractivity contribution in [3.8, 4) is 6.07 Å². The Labute approximate surface area is 103 Å². The van der Waals surface area contributed by atoms with Gasteiger partial charge in [0.25, 0.3) is 0 Å². The first-order valence-corrected chi connectivity index (χ1v) is 6.29. The van der Waals surface area contributed by atoms with E-state index in [2.05, 4.69) is 22.9 Å². The van der Waals surface area contributed by atoms with E-state index in [0.717, 1.165) is 41.6 Å². The summed E-state index contributed by atoms with van der Waals surface area (Å²) in [7, 11) is 0. The van der Waals surface area contributed by atoms with Crippen LogP contribution in [0.1, 0.15) is 36.6 Å². The van der Waals surface area contributed by atoms with Gasteiger partial charge in [-0.15, -0.1) is 0 Å². The Kier molecular flexibility index (Phi) is 3.33. The number of anilines is 1. The Hall–Kier alpha value is -1.56.